The van der Waals surface area contributed by atoms with Gasteiger partial charge in [-0.15, -0.1) is 0 Å². The van der Waals surface area contributed by atoms with E-state index in [9.17, 15) is 4.79 Å². The van der Waals surface area contributed by atoms with Gasteiger partial charge in [0.2, 0.25) is 5.91 Å². The number of amides is 1. The first kappa shape index (κ1) is 16.9. The number of aryl methyl sites for hydroxylation is 1. The molecule has 1 saturated carbocycles. The van der Waals surface area contributed by atoms with Crippen LogP contribution in [0, 0.1) is 5.92 Å². The number of fused-ring (bicyclic) bond motifs is 1. The number of nitrogens with one attached hydrogen (secondary N) is 1. The van der Waals surface area contributed by atoms with Crippen molar-refractivity contribution in [3.63, 3.8) is 0 Å². The molecule has 1 amide bonds. The molecule has 1 N–H and O–H groups in total. The monoisotopic (exact) mass is 355 g/mol. The van der Waals surface area contributed by atoms with E-state index >= 15 is 0 Å². The molecule has 0 bridgehead atoms. The van der Waals surface area contributed by atoms with Gasteiger partial charge in [0.05, 0.1) is 13.0 Å². The molecule has 6 nitrogen and oxygen atoms in total. The summed E-state index contributed by atoms with van der Waals surface area (Å²) in [4.78, 5) is 12.5. The zero-order chi connectivity index (χ0) is 17.9. The molecule has 6 heteroatoms. The molecular formula is C20H25N3O3. The van der Waals surface area contributed by atoms with Crippen LogP contribution in [-0.2, 0) is 17.8 Å². The molecule has 26 heavy (non-hydrogen) atoms. The van der Waals surface area contributed by atoms with Crippen LogP contribution in [0.15, 0.2) is 30.5 Å². The number of rotatable bonds is 7. The quantitative estimate of drug-likeness (QED) is 0.775. The molecule has 1 aliphatic carbocycles. The first-order valence-electron chi connectivity index (χ1n) is 9.34. The maximum Gasteiger partial charge on any atom is 0.226 e. The zero-order valence-corrected chi connectivity index (χ0v) is 15.1. The van der Waals surface area contributed by atoms with Gasteiger partial charge >= 0.3 is 0 Å². The minimum Gasteiger partial charge on any atom is -0.493 e. The third-order valence-corrected chi connectivity index (χ3v) is 5.14. The van der Waals surface area contributed by atoms with Crippen molar-refractivity contribution in [2.24, 2.45) is 5.92 Å². The Morgan fingerprint density at radius 1 is 1.38 bits per heavy atom. The first-order chi connectivity index (χ1) is 12.8. The van der Waals surface area contributed by atoms with Crippen LogP contribution in [0.25, 0.3) is 0 Å². The fraction of sp³-hybridized carbons (Fsp3) is 0.500. The number of hydrogen-bond acceptors (Lipinski definition) is 4. The highest BCUT2D eigenvalue weighted by atomic mass is 16.5. The number of carbonyl (C=O) groups is 1. The predicted molar refractivity (Wildman–Crippen MR) is 97.5 cm³/mol. The molecule has 138 valence electrons. The van der Waals surface area contributed by atoms with E-state index in [4.69, 9.17) is 9.47 Å². The van der Waals surface area contributed by atoms with E-state index in [0.717, 1.165) is 30.0 Å². The van der Waals surface area contributed by atoms with Gasteiger partial charge in [-0.2, -0.15) is 5.10 Å². The molecule has 2 heterocycles. The smallest absolute Gasteiger partial charge is 0.226 e. The highest BCUT2D eigenvalue weighted by Gasteiger charge is 2.28. The second-order valence-electron chi connectivity index (χ2n) is 7.06. The molecule has 0 spiro atoms. The van der Waals surface area contributed by atoms with E-state index in [1.54, 1.807) is 7.11 Å². The Labute approximate surface area is 153 Å². The molecule has 1 aliphatic heterocycles. The van der Waals surface area contributed by atoms with Crippen molar-refractivity contribution in [1.82, 2.24) is 15.1 Å². The Morgan fingerprint density at radius 2 is 2.27 bits per heavy atom. The summed E-state index contributed by atoms with van der Waals surface area (Å²) in [6.45, 7) is 1.90. The lowest BCUT2D eigenvalue weighted by Gasteiger charge is -2.25. The fourth-order valence-corrected chi connectivity index (χ4v) is 3.56. The average molecular weight is 355 g/mol. The minimum absolute atomic E-state index is 0.0568. The van der Waals surface area contributed by atoms with E-state index in [0.29, 0.717) is 25.5 Å². The van der Waals surface area contributed by atoms with Crippen molar-refractivity contribution in [2.75, 3.05) is 20.3 Å². The summed E-state index contributed by atoms with van der Waals surface area (Å²) in [5, 5.41) is 7.44. The maximum absolute atomic E-state index is 12.5. The maximum atomic E-state index is 12.5. The van der Waals surface area contributed by atoms with Crippen LogP contribution < -0.4 is 14.8 Å². The molecule has 2 aliphatic rings. The van der Waals surface area contributed by atoms with E-state index in [1.807, 2.05) is 24.4 Å². The summed E-state index contributed by atoms with van der Waals surface area (Å²) >= 11 is 0. The predicted octanol–water partition coefficient (Wildman–Crippen LogP) is 2.53. The number of ether oxygens (including phenoxy) is 2. The van der Waals surface area contributed by atoms with E-state index in [1.165, 1.54) is 18.5 Å². The molecule has 0 saturated heterocycles. The molecule has 0 radical (unpaired) electrons. The molecule has 2 aromatic rings. The van der Waals surface area contributed by atoms with Crippen LogP contribution in [-0.4, -0.2) is 35.9 Å². The van der Waals surface area contributed by atoms with Crippen LogP contribution in [0.5, 0.6) is 11.5 Å². The zero-order valence-electron chi connectivity index (χ0n) is 15.1. The van der Waals surface area contributed by atoms with Gasteiger partial charge in [-0.05, 0) is 43.4 Å². The lowest BCUT2D eigenvalue weighted by atomic mass is 9.95. The van der Waals surface area contributed by atoms with Crippen molar-refractivity contribution in [2.45, 2.75) is 38.1 Å². The standard InChI is InChI=1S/C20H25N3O3/c1-25-18-5-2-4-15-12-16(13-26-19(15)18)20(24)21-9-3-11-23-17(8-10-22-23)14-6-7-14/h2,4-5,8,10,14,16H,3,6-7,9,11-13H2,1H3,(H,21,24)/t16-/m0/s1. The number of nitrogens with zero attached hydrogens (tertiary/aromatic N) is 2. The normalized spacial score (nSPS) is 18.7. The van der Waals surface area contributed by atoms with Crippen LogP contribution >= 0.6 is 0 Å². The van der Waals surface area contributed by atoms with E-state index in [2.05, 4.69) is 21.2 Å². The van der Waals surface area contributed by atoms with Crippen molar-refractivity contribution in [1.29, 1.82) is 0 Å². The highest BCUT2D eigenvalue weighted by Crippen LogP contribution is 2.39. The second kappa shape index (κ2) is 7.40. The molecule has 1 fully saturated rings. The molecule has 0 unspecified atom stereocenters. The van der Waals surface area contributed by atoms with Gasteiger partial charge in [0, 0.05) is 30.9 Å². The van der Waals surface area contributed by atoms with Gasteiger partial charge in [0.25, 0.3) is 0 Å². The van der Waals surface area contributed by atoms with Crippen molar-refractivity contribution in [3.05, 3.63) is 41.7 Å². The first-order valence-corrected chi connectivity index (χ1v) is 9.34. The summed E-state index contributed by atoms with van der Waals surface area (Å²) in [6, 6.07) is 7.92. The third-order valence-electron chi connectivity index (χ3n) is 5.14. The third kappa shape index (κ3) is 3.54. The van der Waals surface area contributed by atoms with Crippen molar-refractivity contribution < 1.29 is 14.3 Å². The van der Waals surface area contributed by atoms with Gasteiger partial charge in [-0.3, -0.25) is 9.48 Å². The Bertz CT molecular complexity index is 782. The van der Waals surface area contributed by atoms with Gasteiger partial charge in [-0.1, -0.05) is 12.1 Å². The summed E-state index contributed by atoms with van der Waals surface area (Å²) in [6.07, 6.45) is 5.98. The van der Waals surface area contributed by atoms with Gasteiger partial charge < -0.3 is 14.8 Å². The van der Waals surface area contributed by atoms with Crippen LogP contribution in [0.4, 0.5) is 0 Å². The van der Waals surface area contributed by atoms with Crippen LogP contribution in [0.2, 0.25) is 0 Å². The number of aromatic nitrogens is 2. The van der Waals surface area contributed by atoms with Gasteiger partial charge in [-0.25, -0.2) is 0 Å². The fourth-order valence-electron chi connectivity index (χ4n) is 3.56. The van der Waals surface area contributed by atoms with Gasteiger partial charge in [0.15, 0.2) is 11.5 Å². The topological polar surface area (TPSA) is 65.4 Å². The van der Waals surface area contributed by atoms with Gasteiger partial charge in [0.1, 0.15) is 6.61 Å². The highest BCUT2D eigenvalue weighted by molar-refractivity contribution is 5.79. The number of benzene rings is 1. The Hall–Kier alpha value is -2.50. The average Bonchev–Trinajstić information content (AvgIpc) is 3.42. The second-order valence-corrected chi connectivity index (χ2v) is 7.06. The summed E-state index contributed by atoms with van der Waals surface area (Å²) < 4.78 is 13.2. The molecule has 1 aromatic heterocycles. The molecule has 1 atom stereocenters. The van der Waals surface area contributed by atoms with E-state index < -0.39 is 0 Å². The summed E-state index contributed by atoms with van der Waals surface area (Å²) in [7, 11) is 1.63. The molecule has 4 rings (SSSR count). The van der Waals surface area contributed by atoms with Crippen molar-refractivity contribution in [3.8, 4) is 11.5 Å². The van der Waals surface area contributed by atoms with Crippen LogP contribution in [0.3, 0.4) is 0 Å². The van der Waals surface area contributed by atoms with Crippen LogP contribution in [0.1, 0.15) is 36.4 Å². The molecular weight excluding hydrogens is 330 g/mol. The lowest BCUT2D eigenvalue weighted by molar-refractivity contribution is -0.126. The summed E-state index contributed by atoms with van der Waals surface area (Å²) in [5.41, 5.74) is 2.36. The van der Waals surface area contributed by atoms with E-state index in [-0.39, 0.29) is 11.8 Å². The minimum atomic E-state index is -0.152. The SMILES string of the molecule is COc1cccc2c1OC[C@@H](C(=O)NCCCn1nccc1C1CC1)C2. The summed E-state index contributed by atoms with van der Waals surface area (Å²) in [5.74, 6) is 2.10. The largest absolute Gasteiger partial charge is 0.493 e. The number of methoxy groups -OCH3 is 1. The number of carbonyl (C=O) groups excluding carboxylic acids is 1. The number of para-hydroxylation sites is 1. The lowest BCUT2D eigenvalue weighted by Crippen LogP contribution is -2.38. The Morgan fingerprint density at radius 3 is 3.08 bits per heavy atom. The van der Waals surface area contributed by atoms with Crippen molar-refractivity contribution >= 4 is 5.91 Å². The Balaban J connectivity index is 1.25. The number of hydrogen-bond donors (Lipinski definition) is 1. The molecule has 1 aromatic carbocycles. The Kier molecular flexibility index (Phi) is 4.82.